The zero-order valence-corrected chi connectivity index (χ0v) is 21.4. The number of alkyl carbamates (subject to hydrolysis) is 2. The van der Waals surface area contributed by atoms with E-state index in [-0.39, 0.29) is 25.2 Å². The number of guanidine groups is 1. The van der Waals surface area contributed by atoms with Gasteiger partial charge in [0.15, 0.2) is 0 Å². The molecule has 0 saturated carbocycles. The molecule has 3 rings (SSSR count). The average Bonchev–Trinajstić information content (AvgIpc) is 2.86. The minimum absolute atomic E-state index is 0.0341. The summed E-state index contributed by atoms with van der Waals surface area (Å²) in [5.74, 6) is 0.0341. The first-order valence-corrected chi connectivity index (χ1v) is 12.2. The summed E-state index contributed by atoms with van der Waals surface area (Å²) in [4.78, 5) is 42.8. The van der Waals surface area contributed by atoms with E-state index in [1.54, 1.807) is 25.7 Å². The van der Waals surface area contributed by atoms with Gasteiger partial charge < -0.3 is 24.4 Å². The molecule has 1 aliphatic heterocycles. The molecule has 198 valence electrons. The highest BCUT2D eigenvalue weighted by Gasteiger charge is 2.26. The van der Waals surface area contributed by atoms with E-state index in [1.165, 1.54) is 0 Å². The molecule has 2 N–H and O–H groups in total. The van der Waals surface area contributed by atoms with Crippen molar-refractivity contribution in [1.82, 2.24) is 15.5 Å². The number of likely N-dealkylation sites (tertiary alicyclic amines) is 1. The van der Waals surface area contributed by atoms with Crippen LogP contribution in [0, 0.1) is 0 Å². The number of aliphatic imine (C=N–C) groups is 1. The maximum Gasteiger partial charge on any atom is 0.437 e. The molecule has 37 heavy (non-hydrogen) atoms. The van der Waals surface area contributed by atoms with Crippen molar-refractivity contribution in [3.63, 3.8) is 0 Å². The Morgan fingerprint density at radius 2 is 1.41 bits per heavy atom. The van der Waals surface area contributed by atoms with Crippen molar-refractivity contribution < 1.29 is 28.6 Å². The van der Waals surface area contributed by atoms with Crippen LogP contribution in [0.3, 0.4) is 0 Å². The highest BCUT2D eigenvalue weighted by atomic mass is 16.6. The monoisotopic (exact) mass is 510 g/mol. The van der Waals surface area contributed by atoms with Crippen LogP contribution in [-0.2, 0) is 27.4 Å². The van der Waals surface area contributed by atoms with Crippen LogP contribution >= 0.6 is 0 Å². The molecule has 0 bridgehead atoms. The molecule has 3 amide bonds. The second-order valence-corrected chi connectivity index (χ2v) is 9.57. The Bertz CT molecular complexity index is 1060. The Morgan fingerprint density at radius 1 is 0.865 bits per heavy atom. The van der Waals surface area contributed by atoms with Crippen molar-refractivity contribution >= 4 is 24.2 Å². The van der Waals surface area contributed by atoms with Crippen LogP contribution < -0.4 is 10.6 Å². The molecule has 1 fully saturated rings. The maximum absolute atomic E-state index is 12.5. The van der Waals surface area contributed by atoms with Crippen molar-refractivity contribution in [3.8, 4) is 0 Å². The topological polar surface area (TPSA) is 119 Å². The van der Waals surface area contributed by atoms with Gasteiger partial charge in [-0.3, -0.25) is 5.32 Å². The first kappa shape index (κ1) is 27.5. The summed E-state index contributed by atoms with van der Waals surface area (Å²) in [7, 11) is 0. The van der Waals surface area contributed by atoms with Crippen LogP contribution in [0.1, 0.15) is 44.7 Å². The second-order valence-electron chi connectivity index (χ2n) is 9.57. The van der Waals surface area contributed by atoms with E-state index < -0.39 is 23.9 Å². The number of carbonyl (C=O) groups is 3. The lowest BCUT2D eigenvalue weighted by molar-refractivity contribution is 0.0488. The number of rotatable bonds is 5. The van der Waals surface area contributed by atoms with Crippen molar-refractivity contribution in [1.29, 1.82) is 0 Å². The molecule has 2 aromatic rings. The van der Waals surface area contributed by atoms with Gasteiger partial charge in [-0.15, -0.1) is 4.99 Å². The van der Waals surface area contributed by atoms with Crippen LogP contribution in [0.4, 0.5) is 14.4 Å². The predicted octanol–water partition coefficient (Wildman–Crippen LogP) is 4.59. The Kier molecular flexibility index (Phi) is 9.88. The van der Waals surface area contributed by atoms with E-state index in [1.807, 2.05) is 60.7 Å². The third kappa shape index (κ3) is 10.2. The molecule has 2 aromatic carbocycles. The van der Waals surface area contributed by atoms with E-state index in [2.05, 4.69) is 15.6 Å². The van der Waals surface area contributed by atoms with Crippen LogP contribution in [0.5, 0.6) is 0 Å². The van der Waals surface area contributed by atoms with Crippen molar-refractivity contribution in [2.75, 3.05) is 13.1 Å². The van der Waals surface area contributed by atoms with Crippen LogP contribution in [-0.4, -0.2) is 53.9 Å². The first-order chi connectivity index (χ1) is 17.7. The molecule has 0 atom stereocenters. The number of hydrogen-bond donors (Lipinski definition) is 2. The molecule has 0 radical (unpaired) electrons. The number of piperidine rings is 1. The number of ether oxygens (including phenoxy) is 3. The molecule has 10 heteroatoms. The van der Waals surface area contributed by atoms with Gasteiger partial charge in [-0.1, -0.05) is 60.7 Å². The fourth-order valence-corrected chi connectivity index (χ4v) is 3.58. The normalized spacial score (nSPS) is 14.5. The lowest BCUT2D eigenvalue weighted by atomic mass is 10.1. The second kappa shape index (κ2) is 13.3. The summed E-state index contributed by atoms with van der Waals surface area (Å²) in [6, 6.07) is 18.4. The zero-order chi connectivity index (χ0) is 26.7. The molecular weight excluding hydrogens is 476 g/mol. The van der Waals surface area contributed by atoms with Gasteiger partial charge in [0.05, 0.1) is 0 Å². The average molecular weight is 511 g/mol. The number of amides is 3. The van der Waals surface area contributed by atoms with Crippen molar-refractivity contribution in [2.45, 2.75) is 58.5 Å². The number of carbonyl (C=O) groups excluding carboxylic acids is 3. The molecule has 1 aliphatic rings. The number of benzene rings is 2. The molecule has 0 unspecified atom stereocenters. The SMILES string of the molecule is CC(C)(C)OC(=O)NC1CCN(/C(=N/C(=O)OCc2ccccc2)NC(=O)OCc2ccccc2)CC1. The van der Waals surface area contributed by atoms with E-state index in [9.17, 15) is 14.4 Å². The van der Waals surface area contributed by atoms with Gasteiger partial charge in [-0.05, 0) is 44.7 Å². The molecule has 10 nitrogen and oxygen atoms in total. The van der Waals surface area contributed by atoms with Gasteiger partial charge >= 0.3 is 18.3 Å². The van der Waals surface area contributed by atoms with Crippen LogP contribution in [0.15, 0.2) is 65.7 Å². The lowest BCUT2D eigenvalue weighted by Gasteiger charge is -2.34. The highest BCUT2D eigenvalue weighted by molar-refractivity contribution is 5.98. The van der Waals surface area contributed by atoms with Gasteiger partial charge in [-0.2, -0.15) is 0 Å². The summed E-state index contributed by atoms with van der Waals surface area (Å²) in [5, 5.41) is 5.44. The minimum Gasteiger partial charge on any atom is -0.444 e. The first-order valence-electron chi connectivity index (χ1n) is 12.2. The zero-order valence-electron chi connectivity index (χ0n) is 21.4. The molecular formula is C27H34N4O6. The lowest BCUT2D eigenvalue weighted by Crippen LogP contribution is -2.52. The standard InChI is InChI=1S/C27H34N4O6/c1-27(2,3)37-26(34)28-22-14-16-31(17-15-22)23(29-24(32)35-18-20-10-6-4-7-11-20)30-25(33)36-19-21-12-8-5-9-13-21/h4-13,22H,14-19H2,1-3H3,(H,28,34)(H,29,30,32,33). The van der Waals surface area contributed by atoms with E-state index in [0.29, 0.717) is 25.9 Å². The Balaban J connectivity index is 1.60. The van der Waals surface area contributed by atoms with E-state index in [0.717, 1.165) is 11.1 Å². The molecule has 1 saturated heterocycles. The third-order valence-corrected chi connectivity index (χ3v) is 5.34. The molecule has 0 aromatic heterocycles. The Hall–Kier alpha value is -4.08. The van der Waals surface area contributed by atoms with Gasteiger partial charge in [0.25, 0.3) is 0 Å². The van der Waals surface area contributed by atoms with E-state index >= 15 is 0 Å². The fraction of sp³-hybridized carbons (Fsp3) is 0.407. The number of nitrogens with one attached hydrogen (secondary N) is 2. The van der Waals surface area contributed by atoms with Gasteiger partial charge in [0.1, 0.15) is 18.8 Å². The third-order valence-electron chi connectivity index (χ3n) is 5.34. The van der Waals surface area contributed by atoms with Crippen molar-refractivity contribution in [2.24, 2.45) is 4.99 Å². The highest BCUT2D eigenvalue weighted by Crippen LogP contribution is 2.13. The minimum atomic E-state index is -0.837. The van der Waals surface area contributed by atoms with Gasteiger partial charge in [-0.25, -0.2) is 14.4 Å². The Morgan fingerprint density at radius 3 is 1.95 bits per heavy atom. The number of nitrogens with zero attached hydrogens (tertiary/aromatic N) is 2. The van der Waals surface area contributed by atoms with E-state index in [4.69, 9.17) is 14.2 Å². The Labute approximate surface area is 217 Å². The largest absolute Gasteiger partial charge is 0.444 e. The number of hydrogen-bond acceptors (Lipinski definition) is 6. The maximum atomic E-state index is 12.5. The summed E-state index contributed by atoms with van der Waals surface area (Å²) in [6.45, 7) is 6.40. The quantitative estimate of drug-likeness (QED) is 0.343. The summed E-state index contributed by atoms with van der Waals surface area (Å²) in [5.41, 5.74) is 1.05. The van der Waals surface area contributed by atoms with Gasteiger partial charge in [0, 0.05) is 19.1 Å². The summed E-state index contributed by atoms with van der Waals surface area (Å²) in [6.07, 6.45) is -0.925. The van der Waals surface area contributed by atoms with Crippen LogP contribution in [0.2, 0.25) is 0 Å². The van der Waals surface area contributed by atoms with Crippen LogP contribution in [0.25, 0.3) is 0 Å². The van der Waals surface area contributed by atoms with Crippen molar-refractivity contribution in [3.05, 3.63) is 71.8 Å². The van der Waals surface area contributed by atoms with Gasteiger partial charge in [0.2, 0.25) is 5.96 Å². The smallest absolute Gasteiger partial charge is 0.437 e. The fourth-order valence-electron chi connectivity index (χ4n) is 3.58. The molecule has 0 spiro atoms. The molecule has 1 heterocycles. The summed E-state index contributed by atoms with van der Waals surface area (Å²) >= 11 is 0. The summed E-state index contributed by atoms with van der Waals surface area (Å²) < 4.78 is 15.9. The predicted molar refractivity (Wildman–Crippen MR) is 138 cm³/mol. The molecule has 0 aliphatic carbocycles.